The fourth-order valence-corrected chi connectivity index (χ4v) is 3.15. The molecule has 22 heavy (non-hydrogen) atoms. The lowest BCUT2D eigenvalue weighted by Crippen LogP contribution is -2.37. The molecule has 0 aliphatic carbocycles. The van der Waals surface area contributed by atoms with E-state index in [9.17, 15) is 5.11 Å². The Morgan fingerprint density at radius 1 is 1.27 bits per heavy atom. The van der Waals surface area contributed by atoms with Gasteiger partial charge in [0.2, 0.25) is 0 Å². The summed E-state index contributed by atoms with van der Waals surface area (Å²) in [6.45, 7) is 4.04. The number of halogens is 1. The maximum atomic E-state index is 10.6. The van der Waals surface area contributed by atoms with E-state index >= 15 is 0 Å². The lowest BCUT2D eigenvalue weighted by Gasteiger charge is -2.30. The molecule has 1 unspecified atom stereocenters. The van der Waals surface area contributed by atoms with Crippen molar-refractivity contribution < 1.29 is 5.11 Å². The number of aryl methyl sites for hydroxylation is 1. The van der Waals surface area contributed by atoms with Gasteiger partial charge in [0.25, 0.3) is 0 Å². The van der Waals surface area contributed by atoms with Crippen LogP contribution in [0.25, 0.3) is 5.52 Å². The summed E-state index contributed by atoms with van der Waals surface area (Å²) in [6.07, 6.45) is 1.13. The Balaban J connectivity index is 1.62. The summed E-state index contributed by atoms with van der Waals surface area (Å²) in [4.78, 5) is 1.96. The minimum Gasteiger partial charge on any atom is -0.372 e. The van der Waals surface area contributed by atoms with Gasteiger partial charge in [-0.25, -0.2) is 4.52 Å². The van der Waals surface area contributed by atoms with E-state index in [0.717, 1.165) is 34.7 Å². The molecule has 4 rings (SSSR count). The van der Waals surface area contributed by atoms with Crippen molar-refractivity contribution in [2.75, 3.05) is 6.54 Å². The molecule has 0 fully saturated rings. The number of pyridine rings is 1. The zero-order valence-corrected chi connectivity index (χ0v) is 13.6. The van der Waals surface area contributed by atoms with Crippen LogP contribution in [-0.4, -0.2) is 40.9 Å². The number of aliphatic hydroxyl groups is 1. The molecule has 3 aromatic heterocycles. The van der Waals surface area contributed by atoms with Crippen molar-refractivity contribution in [1.29, 1.82) is 0 Å². The van der Waals surface area contributed by atoms with Crippen LogP contribution in [-0.2, 0) is 13.1 Å². The van der Waals surface area contributed by atoms with Crippen molar-refractivity contribution in [3.05, 3.63) is 46.2 Å². The number of rotatable bonds is 2. The van der Waals surface area contributed by atoms with E-state index in [1.165, 1.54) is 0 Å². The monoisotopic (exact) mass is 362 g/mol. The Kier molecular flexibility index (Phi) is 3.24. The van der Waals surface area contributed by atoms with E-state index in [0.29, 0.717) is 12.2 Å². The molecule has 1 N–H and O–H groups in total. The largest absolute Gasteiger partial charge is 0.372 e. The van der Waals surface area contributed by atoms with Gasteiger partial charge in [-0.05, 0) is 41.1 Å². The van der Waals surface area contributed by atoms with Gasteiger partial charge >= 0.3 is 0 Å². The maximum Gasteiger partial charge on any atom is 0.152 e. The summed E-state index contributed by atoms with van der Waals surface area (Å²) < 4.78 is 4.80. The SMILES string of the molecule is Cc1nnc2n1CCN(C(O)c1cc3ccc(Br)cn3n1)C2. The second-order valence-electron chi connectivity index (χ2n) is 5.45. The van der Waals surface area contributed by atoms with Gasteiger partial charge in [0.15, 0.2) is 6.23 Å². The van der Waals surface area contributed by atoms with Crippen LogP contribution in [0.4, 0.5) is 0 Å². The van der Waals surface area contributed by atoms with Crippen molar-refractivity contribution in [2.24, 2.45) is 0 Å². The molecule has 4 heterocycles. The summed E-state index contributed by atoms with van der Waals surface area (Å²) in [5.74, 6) is 1.80. The van der Waals surface area contributed by atoms with Crippen molar-refractivity contribution >= 4 is 21.4 Å². The van der Waals surface area contributed by atoms with Gasteiger partial charge in [-0.3, -0.25) is 4.90 Å². The second-order valence-corrected chi connectivity index (χ2v) is 6.36. The first-order valence-electron chi connectivity index (χ1n) is 7.07. The van der Waals surface area contributed by atoms with Gasteiger partial charge in [0.1, 0.15) is 17.3 Å². The van der Waals surface area contributed by atoms with E-state index < -0.39 is 6.23 Å². The highest BCUT2D eigenvalue weighted by Crippen LogP contribution is 2.24. The summed E-state index contributed by atoms with van der Waals surface area (Å²) in [5.41, 5.74) is 1.59. The Morgan fingerprint density at radius 3 is 3.00 bits per heavy atom. The fraction of sp³-hybridized carbons (Fsp3) is 0.357. The highest BCUT2D eigenvalue weighted by molar-refractivity contribution is 9.10. The quantitative estimate of drug-likeness (QED) is 0.747. The maximum absolute atomic E-state index is 10.6. The van der Waals surface area contributed by atoms with E-state index in [1.807, 2.05) is 36.2 Å². The molecule has 3 aromatic rings. The summed E-state index contributed by atoms with van der Waals surface area (Å²) in [5, 5.41) is 23.3. The van der Waals surface area contributed by atoms with Gasteiger partial charge in [0, 0.05) is 23.8 Å². The van der Waals surface area contributed by atoms with Crippen LogP contribution in [0.15, 0.2) is 28.9 Å². The minimum absolute atomic E-state index is 0.569. The minimum atomic E-state index is -0.746. The first-order valence-corrected chi connectivity index (χ1v) is 7.87. The van der Waals surface area contributed by atoms with E-state index in [4.69, 9.17) is 0 Å². The van der Waals surface area contributed by atoms with Gasteiger partial charge in [-0.1, -0.05) is 0 Å². The third-order valence-corrected chi connectivity index (χ3v) is 4.49. The molecule has 0 radical (unpaired) electrons. The molecule has 7 nitrogen and oxygen atoms in total. The number of aliphatic hydroxyl groups excluding tert-OH is 1. The molecule has 114 valence electrons. The molecule has 0 amide bonds. The zero-order chi connectivity index (χ0) is 15.3. The Morgan fingerprint density at radius 2 is 2.14 bits per heavy atom. The number of nitrogens with zero attached hydrogens (tertiary/aromatic N) is 6. The number of aromatic nitrogens is 5. The third kappa shape index (κ3) is 2.23. The molecule has 1 aliphatic rings. The fourth-order valence-electron chi connectivity index (χ4n) is 2.83. The number of fused-ring (bicyclic) bond motifs is 2. The highest BCUT2D eigenvalue weighted by Gasteiger charge is 2.26. The summed E-state index contributed by atoms with van der Waals surface area (Å²) in [6, 6.07) is 5.82. The average molecular weight is 363 g/mol. The molecule has 1 atom stereocenters. The zero-order valence-electron chi connectivity index (χ0n) is 12.0. The third-order valence-electron chi connectivity index (χ3n) is 4.02. The smallest absolute Gasteiger partial charge is 0.152 e. The molecular formula is C14H15BrN6O. The van der Waals surface area contributed by atoms with Gasteiger partial charge in [-0.2, -0.15) is 5.10 Å². The van der Waals surface area contributed by atoms with E-state index in [2.05, 4.69) is 35.8 Å². The molecule has 0 bridgehead atoms. The van der Waals surface area contributed by atoms with Crippen molar-refractivity contribution in [3.8, 4) is 0 Å². The first kappa shape index (κ1) is 13.9. The Bertz CT molecular complexity index is 841. The molecule has 0 saturated carbocycles. The van der Waals surface area contributed by atoms with Crippen LogP contribution in [0.2, 0.25) is 0 Å². The molecule has 8 heteroatoms. The van der Waals surface area contributed by atoms with Crippen molar-refractivity contribution in [1.82, 2.24) is 29.3 Å². The Hall–Kier alpha value is -1.77. The lowest BCUT2D eigenvalue weighted by molar-refractivity contribution is -0.0199. The predicted octanol–water partition coefficient (Wildman–Crippen LogP) is 1.50. The van der Waals surface area contributed by atoms with Gasteiger partial charge in [-0.15, -0.1) is 10.2 Å². The highest BCUT2D eigenvalue weighted by atomic mass is 79.9. The number of hydrogen-bond donors (Lipinski definition) is 1. The van der Waals surface area contributed by atoms with Crippen LogP contribution in [0.5, 0.6) is 0 Å². The van der Waals surface area contributed by atoms with Crippen molar-refractivity contribution in [2.45, 2.75) is 26.2 Å². The van der Waals surface area contributed by atoms with Crippen LogP contribution >= 0.6 is 15.9 Å². The predicted molar refractivity (Wildman–Crippen MR) is 83.0 cm³/mol. The van der Waals surface area contributed by atoms with Gasteiger partial charge in [0.05, 0.1) is 12.1 Å². The van der Waals surface area contributed by atoms with Crippen molar-refractivity contribution in [3.63, 3.8) is 0 Å². The normalized spacial score (nSPS) is 16.9. The van der Waals surface area contributed by atoms with Crippen LogP contribution in [0.3, 0.4) is 0 Å². The first-order chi connectivity index (χ1) is 10.6. The van der Waals surface area contributed by atoms with Crippen LogP contribution < -0.4 is 0 Å². The second kappa shape index (κ2) is 5.15. The van der Waals surface area contributed by atoms with E-state index in [1.54, 1.807) is 4.52 Å². The average Bonchev–Trinajstić information content (AvgIpc) is 3.09. The Labute approximate surface area is 135 Å². The topological polar surface area (TPSA) is 71.5 Å². The molecule has 0 saturated heterocycles. The van der Waals surface area contributed by atoms with Crippen LogP contribution in [0, 0.1) is 6.92 Å². The molecule has 0 spiro atoms. The van der Waals surface area contributed by atoms with Gasteiger partial charge < -0.3 is 9.67 Å². The summed E-state index contributed by atoms with van der Waals surface area (Å²) in [7, 11) is 0. The lowest BCUT2D eigenvalue weighted by atomic mass is 10.2. The molecular weight excluding hydrogens is 348 g/mol. The van der Waals surface area contributed by atoms with E-state index in [-0.39, 0.29) is 0 Å². The number of hydrogen-bond acceptors (Lipinski definition) is 5. The summed E-state index contributed by atoms with van der Waals surface area (Å²) >= 11 is 3.42. The molecule has 1 aliphatic heterocycles. The standard InChI is InChI=1S/C14H15BrN6O/c1-9-16-17-13-8-19(4-5-20(9)13)14(22)12-6-11-3-2-10(15)7-21(11)18-12/h2-3,6-7,14,22H,4-5,8H2,1H3. The molecule has 0 aromatic carbocycles. The van der Waals surface area contributed by atoms with Crippen LogP contribution in [0.1, 0.15) is 23.6 Å².